The maximum Gasteiger partial charge on any atom is 0.252 e. The van der Waals surface area contributed by atoms with Gasteiger partial charge in [-0.25, -0.2) is 4.98 Å². The average molecular weight is 394 g/mol. The molecule has 5 nitrogen and oxygen atoms in total. The van der Waals surface area contributed by atoms with E-state index in [1.165, 1.54) is 23.4 Å². The van der Waals surface area contributed by atoms with Gasteiger partial charge in [0.1, 0.15) is 0 Å². The Bertz CT molecular complexity index is 969. The van der Waals surface area contributed by atoms with Crippen molar-refractivity contribution in [3.63, 3.8) is 0 Å². The van der Waals surface area contributed by atoms with Crippen molar-refractivity contribution >= 4 is 23.4 Å². The van der Waals surface area contributed by atoms with E-state index in [1.54, 1.807) is 0 Å². The third-order valence-corrected chi connectivity index (χ3v) is 5.06. The van der Waals surface area contributed by atoms with Gasteiger partial charge in [-0.3, -0.25) is 9.59 Å². The second-order valence-electron chi connectivity index (χ2n) is 6.44. The summed E-state index contributed by atoms with van der Waals surface area (Å²) in [6.45, 7) is 2.17. The fourth-order valence-electron chi connectivity index (χ4n) is 2.73. The van der Waals surface area contributed by atoms with E-state index < -0.39 is 0 Å². The van der Waals surface area contributed by atoms with Gasteiger partial charge >= 0.3 is 0 Å². The van der Waals surface area contributed by atoms with Gasteiger partial charge in [-0.15, -0.1) is 0 Å². The molecular weight excluding hydrogens is 370 g/mol. The second kappa shape index (κ2) is 9.90. The van der Waals surface area contributed by atoms with Crippen LogP contribution in [0, 0.1) is 0 Å². The summed E-state index contributed by atoms with van der Waals surface area (Å²) in [6.07, 6.45) is 3.38. The minimum Gasteiger partial charge on any atom is -0.325 e. The maximum absolute atomic E-state index is 12.2. The Hall–Kier alpha value is -2.86. The Kier molecular flexibility index (Phi) is 7.03. The number of carbonyl (C=O) groups excluding carboxylic acids is 1. The molecule has 2 aromatic carbocycles. The number of aromatic nitrogens is 2. The fourth-order valence-corrected chi connectivity index (χ4v) is 3.40. The minimum atomic E-state index is -0.237. The zero-order valence-corrected chi connectivity index (χ0v) is 16.6. The number of anilines is 1. The molecule has 1 heterocycles. The number of benzene rings is 2. The summed E-state index contributed by atoms with van der Waals surface area (Å²) in [7, 11) is 0. The summed E-state index contributed by atoms with van der Waals surface area (Å²) < 4.78 is 0. The summed E-state index contributed by atoms with van der Waals surface area (Å²) >= 11 is 1.21. The van der Waals surface area contributed by atoms with E-state index in [9.17, 15) is 9.59 Å². The lowest BCUT2D eigenvalue weighted by atomic mass is 10.1. The van der Waals surface area contributed by atoms with Crippen LogP contribution in [-0.4, -0.2) is 21.6 Å². The molecule has 0 bridgehead atoms. The first-order valence-corrected chi connectivity index (χ1v) is 10.3. The predicted octanol–water partition coefficient (Wildman–Crippen LogP) is 4.51. The van der Waals surface area contributed by atoms with E-state index in [2.05, 4.69) is 22.2 Å². The van der Waals surface area contributed by atoms with Gasteiger partial charge < -0.3 is 10.3 Å². The zero-order valence-electron chi connectivity index (χ0n) is 15.8. The number of amides is 1. The second-order valence-corrected chi connectivity index (χ2v) is 7.40. The van der Waals surface area contributed by atoms with Gasteiger partial charge in [0.15, 0.2) is 5.16 Å². The van der Waals surface area contributed by atoms with E-state index in [0.29, 0.717) is 10.9 Å². The van der Waals surface area contributed by atoms with Crippen LogP contribution in [0.4, 0.5) is 5.69 Å². The van der Waals surface area contributed by atoms with Crippen LogP contribution in [-0.2, 0) is 11.2 Å². The van der Waals surface area contributed by atoms with Gasteiger partial charge in [-0.1, -0.05) is 67.6 Å². The third kappa shape index (κ3) is 5.82. The number of hydrogen-bond acceptors (Lipinski definition) is 4. The number of unbranched alkanes of at least 4 members (excludes halogenated alkanes) is 1. The Balaban J connectivity index is 1.59. The smallest absolute Gasteiger partial charge is 0.252 e. The molecule has 0 fully saturated rings. The number of nitrogens with zero attached hydrogens (tertiary/aromatic N) is 1. The average Bonchev–Trinajstić information content (AvgIpc) is 2.72. The maximum atomic E-state index is 12.2. The number of aromatic amines is 1. The van der Waals surface area contributed by atoms with E-state index in [4.69, 9.17) is 0 Å². The largest absolute Gasteiger partial charge is 0.325 e. The molecule has 0 spiro atoms. The molecule has 2 N–H and O–H groups in total. The van der Waals surface area contributed by atoms with Gasteiger partial charge in [0.25, 0.3) is 5.56 Å². The van der Waals surface area contributed by atoms with Crippen LogP contribution in [0.15, 0.2) is 70.6 Å². The van der Waals surface area contributed by atoms with E-state index >= 15 is 0 Å². The van der Waals surface area contributed by atoms with Crippen LogP contribution in [0.5, 0.6) is 0 Å². The van der Waals surface area contributed by atoms with Crippen LogP contribution < -0.4 is 10.9 Å². The first-order chi connectivity index (χ1) is 13.6. The Morgan fingerprint density at radius 1 is 1.11 bits per heavy atom. The predicted molar refractivity (Wildman–Crippen MR) is 115 cm³/mol. The minimum absolute atomic E-state index is 0.140. The van der Waals surface area contributed by atoms with Gasteiger partial charge in [-0.05, 0) is 30.5 Å². The molecule has 6 heteroatoms. The lowest BCUT2D eigenvalue weighted by Gasteiger charge is -2.07. The third-order valence-electron chi connectivity index (χ3n) is 4.19. The van der Waals surface area contributed by atoms with Crippen molar-refractivity contribution in [1.29, 1.82) is 0 Å². The van der Waals surface area contributed by atoms with Crippen LogP contribution in [0.2, 0.25) is 0 Å². The lowest BCUT2D eigenvalue weighted by molar-refractivity contribution is -0.113. The van der Waals surface area contributed by atoms with Gasteiger partial charge in [-0.2, -0.15) is 0 Å². The summed E-state index contributed by atoms with van der Waals surface area (Å²) in [6, 6.07) is 18.9. The normalized spacial score (nSPS) is 10.6. The van der Waals surface area contributed by atoms with Crippen molar-refractivity contribution in [1.82, 2.24) is 9.97 Å². The molecule has 0 unspecified atom stereocenters. The molecule has 0 aliphatic rings. The molecule has 28 heavy (non-hydrogen) atoms. The molecule has 0 aliphatic carbocycles. The molecule has 3 rings (SSSR count). The molecule has 0 atom stereocenters. The SMILES string of the molecule is CCCCc1ccc(NC(=O)CSc2nc(-c3ccccc3)cc(=O)[nH]2)cc1. The number of thioether (sulfide) groups is 1. The van der Waals surface area contributed by atoms with Crippen LogP contribution >= 0.6 is 11.8 Å². The van der Waals surface area contributed by atoms with Crippen molar-refractivity contribution in [3.8, 4) is 11.3 Å². The lowest BCUT2D eigenvalue weighted by Crippen LogP contribution is -2.15. The first kappa shape index (κ1) is 19.9. The van der Waals surface area contributed by atoms with Crippen LogP contribution in [0.3, 0.4) is 0 Å². The van der Waals surface area contributed by atoms with Crippen molar-refractivity contribution in [3.05, 3.63) is 76.6 Å². The Labute approximate surface area is 168 Å². The summed E-state index contributed by atoms with van der Waals surface area (Å²) in [5, 5.41) is 3.30. The quantitative estimate of drug-likeness (QED) is 0.436. The van der Waals surface area contributed by atoms with E-state index in [-0.39, 0.29) is 17.2 Å². The number of rotatable bonds is 8. The number of hydrogen-bond donors (Lipinski definition) is 2. The van der Waals surface area contributed by atoms with E-state index in [0.717, 1.165) is 30.5 Å². The molecule has 0 aliphatic heterocycles. The van der Waals surface area contributed by atoms with Gasteiger partial charge in [0.2, 0.25) is 5.91 Å². The first-order valence-electron chi connectivity index (χ1n) is 9.32. The zero-order chi connectivity index (χ0) is 19.8. The Morgan fingerprint density at radius 3 is 2.57 bits per heavy atom. The highest BCUT2D eigenvalue weighted by Gasteiger charge is 2.08. The fraction of sp³-hybridized carbons (Fsp3) is 0.227. The number of nitrogens with one attached hydrogen (secondary N) is 2. The van der Waals surface area contributed by atoms with Crippen molar-refractivity contribution in [2.24, 2.45) is 0 Å². The number of H-pyrrole nitrogens is 1. The number of carbonyl (C=O) groups is 1. The van der Waals surface area contributed by atoms with Crippen molar-refractivity contribution in [2.45, 2.75) is 31.3 Å². The molecule has 1 amide bonds. The molecule has 1 aromatic heterocycles. The Morgan fingerprint density at radius 2 is 1.86 bits per heavy atom. The molecule has 0 radical (unpaired) electrons. The monoisotopic (exact) mass is 393 g/mol. The highest BCUT2D eigenvalue weighted by Crippen LogP contribution is 2.19. The van der Waals surface area contributed by atoms with Crippen LogP contribution in [0.25, 0.3) is 11.3 Å². The van der Waals surface area contributed by atoms with Crippen molar-refractivity contribution in [2.75, 3.05) is 11.1 Å². The standard InChI is InChI=1S/C22H23N3O2S/c1-2-3-7-16-10-12-18(13-11-16)23-21(27)15-28-22-24-19(14-20(26)25-22)17-8-5-4-6-9-17/h4-6,8-14H,2-3,7,15H2,1H3,(H,23,27)(H,24,25,26). The molecule has 0 saturated heterocycles. The molecular formula is C22H23N3O2S. The van der Waals surface area contributed by atoms with Gasteiger partial charge in [0.05, 0.1) is 11.4 Å². The van der Waals surface area contributed by atoms with Crippen LogP contribution in [0.1, 0.15) is 25.3 Å². The number of aryl methyl sites for hydroxylation is 1. The molecule has 144 valence electrons. The molecule has 3 aromatic rings. The summed E-state index contributed by atoms with van der Waals surface area (Å²) in [5.41, 5.74) is 3.26. The molecule has 0 saturated carbocycles. The highest BCUT2D eigenvalue weighted by atomic mass is 32.2. The van der Waals surface area contributed by atoms with E-state index in [1.807, 2.05) is 54.6 Å². The highest BCUT2D eigenvalue weighted by molar-refractivity contribution is 7.99. The van der Waals surface area contributed by atoms with Gasteiger partial charge in [0, 0.05) is 17.3 Å². The summed E-state index contributed by atoms with van der Waals surface area (Å²) in [4.78, 5) is 31.3. The summed E-state index contributed by atoms with van der Waals surface area (Å²) in [5.74, 6) is 0.0257. The van der Waals surface area contributed by atoms with Crippen molar-refractivity contribution < 1.29 is 4.79 Å². The topological polar surface area (TPSA) is 74.8 Å².